The van der Waals surface area contributed by atoms with Crippen molar-refractivity contribution in [3.8, 4) is 11.5 Å². The van der Waals surface area contributed by atoms with E-state index in [4.69, 9.17) is 9.47 Å². The van der Waals surface area contributed by atoms with Crippen LogP contribution in [0.5, 0.6) is 11.5 Å². The molecule has 0 unspecified atom stereocenters. The molecule has 8 nitrogen and oxygen atoms in total. The van der Waals surface area contributed by atoms with E-state index in [9.17, 15) is 19.7 Å². The van der Waals surface area contributed by atoms with Crippen molar-refractivity contribution in [1.29, 1.82) is 0 Å². The van der Waals surface area contributed by atoms with Gasteiger partial charge in [0.25, 0.3) is 17.5 Å². The van der Waals surface area contributed by atoms with Crippen LogP contribution in [0.4, 0.5) is 5.69 Å². The Morgan fingerprint density at radius 1 is 1.04 bits per heavy atom. The van der Waals surface area contributed by atoms with Crippen molar-refractivity contribution in [2.45, 2.75) is 6.42 Å². The zero-order chi connectivity index (χ0) is 18.8. The number of methoxy groups -OCH3 is 2. The zero-order valence-corrected chi connectivity index (χ0v) is 14.2. The van der Waals surface area contributed by atoms with Gasteiger partial charge in [-0.1, -0.05) is 12.1 Å². The van der Waals surface area contributed by atoms with Crippen molar-refractivity contribution >= 4 is 17.5 Å². The number of carbonyl (C=O) groups excluding carboxylic acids is 2. The number of nitro benzene ring substituents is 1. The number of fused-ring (bicyclic) bond motifs is 1. The molecule has 1 aliphatic rings. The Hall–Kier alpha value is -3.42. The van der Waals surface area contributed by atoms with Crippen LogP contribution in [0, 0.1) is 10.1 Å². The van der Waals surface area contributed by atoms with E-state index in [0.29, 0.717) is 17.9 Å². The molecule has 1 aliphatic heterocycles. The Labute approximate surface area is 149 Å². The van der Waals surface area contributed by atoms with Crippen LogP contribution in [0.1, 0.15) is 26.3 Å². The van der Waals surface area contributed by atoms with Crippen LogP contribution < -0.4 is 9.47 Å². The van der Waals surface area contributed by atoms with Crippen LogP contribution in [-0.2, 0) is 6.42 Å². The van der Waals surface area contributed by atoms with Crippen LogP contribution >= 0.6 is 0 Å². The third kappa shape index (κ3) is 2.85. The molecule has 0 atom stereocenters. The van der Waals surface area contributed by atoms with Crippen LogP contribution in [-0.4, -0.2) is 42.4 Å². The molecular formula is C18H16N2O6. The second-order valence-corrected chi connectivity index (χ2v) is 5.66. The summed E-state index contributed by atoms with van der Waals surface area (Å²) >= 11 is 0. The summed E-state index contributed by atoms with van der Waals surface area (Å²) in [6.45, 7) is 0.110. The average Bonchev–Trinajstić information content (AvgIpc) is 2.90. The highest BCUT2D eigenvalue weighted by molar-refractivity contribution is 6.23. The minimum Gasteiger partial charge on any atom is -0.493 e. The van der Waals surface area contributed by atoms with Crippen molar-refractivity contribution in [2.75, 3.05) is 20.8 Å². The van der Waals surface area contributed by atoms with Crippen molar-refractivity contribution in [3.05, 3.63) is 63.2 Å². The SMILES string of the molecule is COc1ccc(CCN2C(=O)c3cccc([N+](=O)[O-])c3C2=O)cc1OC. The second-order valence-electron chi connectivity index (χ2n) is 5.66. The van der Waals surface area contributed by atoms with Gasteiger partial charge in [-0.3, -0.25) is 24.6 Å². The molecule has 0 saturated carbocycles. The van der Waals surface area contributed by atoms with Crippen LogP contribution in [0.25, 0.3) is 0 Å². The summed E-state index contributed by atoms with van der Waals surface area (Å²) in [5, 5.41) is 11.1. The van der Waals surface area contributed by atoms with Crippen molar-refractivity contribution in [1.82, 2.24) is 4.90 Å². The van der Waals surface area contributed by atoms with Gasteiger partial charge in [0.05, 0.1) is 24.7 Å². The van der Waals surface area contributed by atoms with E-state index in [1.807, 2.05) is 6.07 Å². The summed E-state index contributed by atoms with van der Waals surface area (Å²) in [7, 11) is 3.05. The third-order valence-electron chi connectivity index (χ3n) is 4.25. The fraction of sp³-hybridized carbons (Fsp3) is 0.222. The summed E-state index contributed by atoms with van der Waals surface area (Å²) in [5.74, 6) is -0.0393. The molecule has 0 saturated heterocycles. The summed E-state index contributed by atoms with van der Waals surface area (Å²) < 4.78 is 10.4. The van der Waals surface area contributed by atoms with Gasteiger partial charge in [-0.25, -0.2) is 0 Å². The largest absolute Gasteiger partial charge is 0.493 e. The number of amides is 2. The molecule has 2 aromatic carbocycles. The van der Waals surface area contributed by atoms with Crippen molar-refractivity contribution in [3.63, 3.8) is 0 Å². The molecule has 0 spiro atoms. The molecule has 0 bridgehead atoms. The molecule has 8 heteroatoms. The summed E-state index contributed by atoms with van der Waals surface area (Å²) in [4.78, 5) is 36.5. The molecule has 1 heterocycles. The lowest BCUT2D eigenvalue weighted by atomic mass is 10.1. The number of rotatable bonds is 6. The monoisotopic (exact) mass is 356 g/mol. The third-order valence-corrected chi connectivity index (χ3v) is 4.25. The zero-order valence-electron chi connectivity index (χ0n) is 14.2. The van der Waals surface area contributed by atoms with Gasteiger partial charge in [0.15, 0.2) is 11.5 Å². The van der Waals surface area contributed by atoms with Gasteiger partial charge in [0.2, 0.25) is 0 Å². The average molecular weight is 356 g/mol. The van der Waals surface area contributed by atoms with Gasteiger partial charge in [-0.15, -0.1) is 0 Å². The Morgan fingerprint density at radius 2 is 1.77 bits per heavy atom. The topological polar surface area (TPSA) is 99.0 Å². The Kier molecular flexibility index (Phi) is 4.57. The first-order valence-electron chi connectivity index (χ1n) is 7.82. The quantitative estimate of drug-likeness (QED) is 0.448. The normalized spacial score (nSPS) is 12.9. The van der Waals surface area contributed by atoms with Gasteiger partial charge >= 0.3 is 0 Å². The van der Waals surface area contributed by atoms with E-state index in [1.54, 1.807) is 12.1 Å². The Bertz CT molecular complexity index is 909. The summed E-state index contributed by atoms with van der Waals surface area (Å²) in [6.07, 6.45) is 0.389. The van der Waals surface area contributed by atoms with Crippen molar-refractivity contribution < 1.29 is 24.0 Å². The molecule has 0 radical (unpaired) electrons. The van der Waals surface area contributed by atoms with E-state index >= 15 is 0 Å². The molecule has 134 valence electrons. The fourth-order valence-electron chi connectivity index (χ4n) is 2.95. The molecule has 0 aromatic heterocycles. The molecule has 2 aromatic rings. The highest BCUT2D eigenvalue weighted by atomic mass is 16.6. The first-order chi connectivity index (χ1) is 12.5. The maximum atomic E-state index is 12.5. The van der Waals surface area contributed by atoms with E-state index in [2.05, 4.69) is 0 Å². The molecular weight excluding hydrogens is 340 g/mol. The van der Waals surface area contributed by atoms with Gasteiger partial charge in [-0.2, -0.15) is 0 Å². The molecule has 26 heavy (non-hydrogen) atoms. The second kappa shape index (κ2) is 6.83. The highest BCUT2D eigenvalue weighted by Crippen LogP contribution is 2.31. The van der Waals surface area contributed by atoms with Gasteiger partial charge in [0, 0.05) is 12.6 Å². The predicted octanol–water partition coefficient (Wildman–Crippen LogP) is 2.45. The lowest BCUT2D eigenvalue weighted by Crippen LogP contribution is -2.31. The number of nitro groups is 1. The van der Waals surface area contributed by atoms with Crippen LogP contribution in [0.2, 0.25) is 0 Å². The molecule has 0 fully saturated rings. The van der Waals surface area contributed by atoms with E-state index in [0.717, 1.165) is 10.5 Å². The lowest BCUT2D eigenvalue weighted by Gasteiger charge is -2.14. The van der Waals surface area contributed by atoms with E-state index < -0.39 is 16.7 Å². The van der Waals surface area contributed by atoms with Gasteiger partial charge < -0.3 is 9.47 Å². The molecule has 2 amide bonds. The maximum absolute atomic E-state index is 12.5. The first-order valence-corrected chi connectivity index (χ1v) is 7.82. The number of hydrogen-bond donors (Lipinski definition) is 0. The Balaban J connectivity index is 1.82. The minimum absolute atomic E-state index is 0.0662. The number of ether oxygens (including phenoxy) is 2. The molecule has 3 rings (SSSR count). The molecule has 0 N–H and O–H groups in total. The predicted molar refractivity (Wildman–Crippen MR) is 91.7 cm³/mol. The van der Waals surface area contributed by atoms with Crippen LogP contribution in [0.3, 0.4) is 0 Å². The maximum Gasteiger partial charge on any atom is 0.282 e. The summed E-state index contributed by atoms with van der Waals surface area (Å²) in [6, 6.07) is 9.36. The Morgan fingerprint density at radius 3 is 2.42 bits per heavy atom. The van der Waals surface area contributed by atoms with Crippen molar-refractivity contribution in [2.24, 2.45) is 0 Å². The number of nitrogens with zero attached hydrogens (tertiary/aromatic N) is 2. The van der Waals surface area contributed by atoms with Gasteiger partial charge in [0.1, 0.15) is 5.56 Å². The number of hydrogen-bond acceptors (Lipinski definition) is 6. The standard InChI is InChI=1S/C18H16N2O6/c1-25-14-7-6-11(10-15(14)26-2)8-9-19-17(21)12-4-3-5-13(20(23)24)16(12)18(19)22/h3-7,10H,8-9H2,1-2H3. The highest BCUT2D eigenvalue weighted by Gasteiger charge is 2.40. The summed E-state index contributed by atoms with van der Waals surface area (Å²) in [5.41, 5.74) is 0.412. The lowest BCUT2D eigenvalue weighted by molar-refractivity contribution is -0.385. The first kappa shape index (κ1) is 17.4. The van der Waals surface area contributed by atoms with E-state index in [-0.39, 0.29) is 23.4 Å². The molecule has 0 aliphatic carbocycles. The fourth-order valence-corrected chi connectivity index (χ4v) is 2.95. The van der Waals surface area contributed by atoms with E-state index in [1.165, 1.54) is 32.4 Å². The van der Waals surface area contributed by atoms with Crippen LogP contribution in [0.15, 0.2) is 36.4 Å². The number of carbonyl (C=O) groups is 2. The van der Waals surface area contributed by atoms with Gasteiger partial charge in [-0.05, 0) is 30.2 Å². The number of benzene rings is 2. The smallest absolute Gasteiger partial charge is 0.282 e. The number of imide groups is 1. The minimum atomic E-state index is -0.651.